The van der Waals surface area contributed by atoms with Gasteiger partial charge in [-0.25, -0.2) is 0 Å². The lowest BCUT2D eigenvalue weighted by Gasteiger charge is -2.01. The number of nitrogens with zero attached hydrogens (tertiary/aromatic N) is 2. The van der Waals surface area contributed by atoms with E-state index in [-0.39, 0.29) is 11.4 Å². The largest absolute Gasteiger partial charge is 0.392 e. The van der Waals surface area contributed by atoms with Crippen LogP contribution in [0.2, 0.25) is 0 Å². The molecule has 0 radical (unpaired) electrons. The molecule has 0 aliphatic heterocycles. The van der Waals surface area contributed by atoms with Crippen molar-refractivity contribution in [1.82, 2.24) is 4.98 Å². The van der Waals surface area contributed by atoms with Gasteiger partial charge in [0.05, 0.1) is 16.8 Å². The van der Waals surface area contributed by atoms with Gasteiger partial charge in [-0.1, -0.05) is 30.3 Å². The van der Waals surface area contributed by atoms with Crippen molar-refractivity contribution < 1.29 is 4.92 Å². The quantitative estimate of drug-likeness (QED) is 0.615. The van der Waals surface area contributed by atoms with E-state index in [9.17, 15) is 10.1 Å². The van der Waals surface area contributed by atoms with Gasteiger partial charge in [-0.15, -0.1) is 0 Å². The van der Waals surface area contributed by atoms with Crippen LogP contribution in [0.4, 0.5) is 11.4 Å². The Balaban J connectivity index is 2.52. The minimum Gasteiger partial charge on any atom is -0.392 e. The normalized spacial score (nSPS) is 10.0. The number of benzene rings is 1. The van der Waals surface area contributed by atoms with Gasteiger partial charge < -0.3 is 5.73 Å². The summed E-state index contributed by atoms with van der Waals surface area (Å²) in [6.07, 6.45) is 1.31. The van der Waals surface area contributed by atoms with Crippen molar-refractivity contribution in [3.05, 3.63) is 52.7 Å². The van der Waals surface area contributed by atoms with Crippen LogP contribution in [-0.4, -0.2) is 9.91 Å². The smallest absolute Gasteiger partial charge is 0.295 e. The number of anilines is 1. The van der Waals surface area contributed by atoms with E-state index in [1.165, 1.54) is 12.3 Å². The monoisotopic (exact) mass is 215 g/mol. The highest BCUT2D eigenvalue weighted by molar-refractivity contribution is 5.67. The zero-order valence-corrected chi connectivity index (χ0v) is 8.33. The summed E-state index contributed by atoms with van der Waals surface area (Å²) < 4.78 is 0. The second-order valence-electron chi connectivity index (χ2n) is 3.25. The third-order valence-electron chi connectivity index (χ3n) is 2.18. The Morgan fingerprint density at radius 2 is 1.94 bits per heavy atom. The van der Waals surface area contributed by atoms with Crippen LogP contribution in [0, 0.1) is 10.1 Å². The Kier molecular flexibility index (Phi) is 2.51. The van der Waals surface area contributed by atoms with E-state index in [4.69, 9.17) is 5.73 Å². The number of nitro groups is 1. The van der Waals surface area contributed by atoms with Gasteiger partial charge in [0.1, 0.15) is 5.69 Å². The highest BCUT2D eigenvalue weighted by Crippen LogP contribution is 2.25. The predicted molar refractivity (Wildman–Crippen MR) is 60.7 cm³/mol. The van der Waals surface area contributed by atoms with Crippen LogP contribution in [0.3, 0.4) is 0 Å². The molecule has 5 heteroatoms. The molecule has 0 unspecified atom stereocenters. The van der Waals surface area contributed by atoms with Gasteiger partial charge in [-0.05, 0) is 0 Å². The standard InChI is InChI=1S/C11H9N3O2/c12-9-7-13-10(6-11(9)14(15)16)8-4-2-1-3-5-8/h1-7H,12H2. The predicted octanol–water partition coefficient (Wildman–Crippen LogP) is 2.24. The molecule has 1 aromatic heterocycles. The summed E-state index contributed by atoms with van der Waals surface area (Å²) in [5, 5.41) is 10.7. The number of rotatable bonds is 2. The van der Waals surface area contributed by atoms with Gasteiger partial charge in [0, 0.05) is 11.6 Å². The molecule has 0 saturated carbocycles. The lowest BCUT2D eigenvalue weighted by Crippen LogP contribution is -1.97. The molecule has 2 aromatic rings. The first-order chi connectivity index (χ1) is 7.68. The second kappa shape index (κ2) is 3.98. The molecule has 16 heavy (non-hydrogen) atoms. The summed E-state index contributed by atoms with van der Waals surface area (Å²) in [5.41, 5.74) is 6.79. The average Bonchev–Trinajstić information content (AvgIpc) is 2.30. The lowest BCUT2D eigenvalue weighted by atomic mass is 10.1. The summed E-state index contributed by atoms with van der Waals surface area (Å²) in [5.74, 6) is 0. The zero-order valence-electron chi connectivity index (χ0n) is 8.33. The molecule has 0 amide bonds. The molecule has 5 nitrogen and oxygen atoms in total. The third-order valence-corrected chi connectivity index (χ3v) is 2.18. The van der Waals surface area contributed by atoms with E-state index in [2.05, 4.69) is 4.98 Å². The summed E-state index contributed by atoms with van der Waals surface area (Å²) >= 11 is 0. The Morgan fingerprint density at radius 1 is 1.25 bits per heavy atom. The maximum Gasteiger partial charge on any atom is 0.295 e. The molecular weight excluding hydrogens is 206 g/mol. The van der Waals surface area contributed by atoms with Gasteiger partial charge in [0.15, 0.2) is 0 Å². The molecule has 0 atom stereocenters. The van der Waals surface area contributed by atoms with Crippen LogP contribution in [-0.2, 0) is 0 Å². The fourth-order valence-electron chi connectivity index (χ4n) is 1.38. The molecule has 0 aliphatic rings. The van der Waals surface area contributed by atoms with Crippen molar-refractivity contribution >= 4 is 11.4 Å². The number of pyridine rings is 1. The summed E-state index contributed by atoms with van der Waals surface area (Å²) in [6, 6.07) is 10.6. The molecule has 0 spiro atoms. The minimum absolute atomic E-state index is 0.0738. The highest BCUT2D eigenvalue weighted by Gasteiger charge is 2.13. The zero-order chi connectivity index (χ0) is 11.5. The van der Waals surface area contributed by atoms with E-state index < -0.39 is 4.92 Å². The third kappa shape index (κ3) is 1.83. The lowest BCUT2D eigenvalue weighted by molar-refractivity contribution is -0.383. The number of hydrogen-bond donors (Lipinski definition) is 1. The second-order valence-corrected chi connectivity index (χ2v) is 3.25. The number of nitrogen functional groups attached to an aromatic ring is 1. The minimum atomic E-state index is -0.510. The first kappa shape index (κ1) is 10.1. The van der Waals surface area contributed by atoms with Crippen LogP contribution in [0.15, 0.2) is 42.6 Å². The van der Waals surface area contributed by atoms with E-state index in [1.807, 2.05) is 30.3 Å². The Bertz CT molecular complexity index is 526. The molecule has 0 aliphatic carbocycles. The molecule has 0 saturated heterocycles. The number of hydrogen-bond acceptors (Lipinski definition) is 4. The van der Waals surface area contributed by atoms with Crippen molar-refractivity contribution in [1.29, 1.82) is 0 Å². The maximum atomic E-state index is 10.7. The molecule has 0 fully saturated rings. The Morgan fingerprint density at radius 3 is 2.56 bits per heavy atom. The van der Waals surface area contributed by atoms with Crippen LogP contribution in [0.1, 0.15) is 0 Å². The van der Waals surface area contributed by atoms with E-state index in [0.717, 1.165) is 5.56 Å². The van der Waals surface area contributed by atoms with Gasteiger partial charge in [0.2, 0.25) is 0 Å². The van der Waals surface area contributed by atoms with Crippen LogP contribution >= 0.6 is 0 Å². The van der Waals surface area contributed by atoms with Gasteiger partial charge in [-0.3, -0.25) is 15.1 Å². The molecule has 1 heterocycles. The van der Waals surface area contributed by atoms with Gasteiger partial charge in [0.25, 0.3) is 5.69 Å². The van der Waals surface area contributed by atoms with Crippen molar-refractivity contribution in [3.8, 4) is 11.3 Å². The first-order valence-electron chi connectivity index (χ1n) is 4.64. The van der Waals surface area contributed by atoms with E-state index in [0.29, 0.717) is 5.69 Å². The maximum absolute atomic E-state index is 10.7. The Hall–Kier alpha value is -2.43. The van der Waals surface area contributed by atoms with Crippen LogP contribution < -0.4 is 5.73 Å². The first-order valence-corrected chi connectivity index (χ1v) is 4.64. The molecule has 1 aromatic carbocycles. The summed E-state index contributed by atoms with van der Waals surface area (Å²) in [6.45, 7) is 0. The van der Waals surface area contributed by atoms with Crippen molar-refractivity contribution in [2.24, 2.45) is 0 Å². The molecule has 2 N–H and O–H groups in total. The SMILES string of the molecule is Nc1cnc(-c2ccccc2)cc1[N+](=O)[O-]. The summed E-state index contributed by atoms with van der Waals surface area (Å²) in [4.78, 5) is 14.3. The highest BCUT2D eigenvalue weighted by atomic mass is 16.6. The molecule has 2 rings (SSSR count). The van der Waals surface area contributed by atoms with E-state index in [1.54, 1.807) is 0 Å². The van der Waals surface area contributed by atoms with E-state index >= 15 is 0 Å². The molecular formula is C11H9N3O2. The fraction of sp³-hybridized carbons (Fsp3) is 0. The summed E-state index contributed by atoms with van der Waals surface area (Å²) in [7, 11) is 0. The number of aromatic nitrogens is 1. The van der Waals surface area contributed by atoms with Crippen LogP contribution in [0.25, 0.3) is 11.3 Å². The van der Waals surface area contributed by atoms with Crippen LogP contribution in [0.5, 0.6) is 0 Å². The van der Waals surface area contributed by atoms with Crippen molar-refractivity contribution in [3.63, 3.8) is 0 Å². The van der Waals surface area contributed by atoms with Crippen molar-refractivity contribution in [2.45, 2.75) is 0 Å². The molecule has 0 bridgehead atoms. The fourth-order valence-corrected chi connectivity index (χ4v) is 1.38. The number of nitrogens with two attached hydrogens (primary N) is 1. The topological polar surface area (TPSA) is 82.0 Å². The van der Waals surface area contributed by atoms with Crippen molar-refractivity contribution in [2.75, 3.05) is 5.73 Å². The average molecular weight is 215 g/mol. The Labute approximate surface area is 91.7 Å². The van der Waals surface area contributed by atoms with Gasteiger partial charge in [-0.2, -0.15) is 0 Å². The van der Waals surface area contributed by atoms with Gasteiger partial charge >= 0.3 is 0 Å². The molecule has 80 valence electrons.